The van der Waals surface area contributed by atoms with Gasteiger partial charge in [0, 0.05) is 29.7 Å². The minimum absolute atomic E-state index is 0.0202. The Balaban J connectivity index is 1.92. The third-order valence-corrected chi connectivity index (χ3v) is 5.64. The van der Waals surface area contributed by atoms with Gasteiger partial charge in [0.2, 0.25) is 5.91 Å². The summed E-state index contributed by atoms with van der Waals surface area (Å²) in [6, 6.07) is 5.97. The predicted molar refractivity (Wildman–Crippen MR) is 83.5 cm³/mol. The second-order valence-electron chi connectivity index (χ2n) is 4.33. The van der Waals surface area contributed by atoms with Crippen LogP contribution in [0.3, 0.4) is 0 Å². The van der Waals surface area contributed by atoms with Crippen LogP contribution >= 0.6 is 27.7 Å². The first-order valence-electron chi connectivity index (χ1n) is 6.11. The van der Waals surface area contributed by atoms with Crippen LogP contribution in [0.25, 0.3) is 0 Å². The molecule has 2 amide bonds. The van der Waals surface area contributed by atoms with Gasteiger partial charge in [-0.2, -0.15) is 0 Å². The van der Waals surface area contributed by atoms with E-state index >= 15 is 0 Å². The molecule has 2 rings (SSSR count). The summed E-state index contributed by atoms with van der Waals surface area (Å²) in [7, 11) is -3.86. The van der Waals surface area contributed by atoms with E-state index in [-0.39, 0.29) is 23.1 Å². The Morgan fingerprint density at radius 1 is 1.33 bits per heavy atom. The molecular formula is C12H13BrN2O4S2. The number of nitrogens with one attached hydrogen (secondary N) is 1. The van der Waals surface area contributed by atoms with Gasteiger partial charge in [0.1, 0.15) is 0 Å². The van der Waals surface area contributed by atoms with E-state index in [1.54, 1.807) is 12.1 Å². The van der Waals surface area contributed by atoms with E-state index in [0.717, 1.165) is 4.47 Å². The Hall–Kier alpha value is -1.06. The average Bonchev–Trinajstić information content (AvgIpc) is 2.82. The first-order valence-corrected chi connectivity index (χ1v) is 9.37. The summed E-state index contributed by atoms with van der Waals surface area (Å²) < 4.78 is 26.7. The number of amides is 2. The van der Waals surface area contributed by atoms with Crippen LogP contribution in [-0.2, 0) is 14.8 Å². The highest BCUT2D eigenvalue weighted by atomic mass is 79.9. The topological polar surface area (TPSA) is 83.6 Å². The second-order valence-corrected chi connectivity index (χ2v) is 7.98. The number of sulfonamides is 1. The lowest BCUT2D eigenvalue weighted by Crippen LogP contribution is -2.34. The Morgan fingerprint density at radius 2 is 2.00 bits per heavy atom. The van der Waals surface area contributed by atoms with Gasteiger partial charge < -0.3 is 4.90 Å². The van der Waals surface area contributed by atoms with Gasteiger partial charge in [-0.25, -0.2) is 13.1 Å². The number of nitrogens with zero attached hydrogens (tertiary/aromatic N) is 1. The highest BCUT2D eigenvalue weighted by Gasteiger charge is 2.23. The van der Waals surface area contributed by atoms with Gasteiger partial charge in [-0.05, 0) is 24.3 Å². The Bertz CT molecular complexity index is 646. The summed E-state index contributed by atoms with van der Waals surface area (Å²) in [5, 5.41) is -0.0708. The molecule has 1 aliphatic rings. The molecule has 1 saturated heterocycles. The van der Waals surface area contributed by atoms with Crippen molar-refractivity contribution in [2.24, 2.45) is 0 Å². The first kappa shape index (κ1) is 16.3. The molecule has 0 bridgehead atoms. The van der Waals surface area contributed by atoms with Gasteiger partial charge in [0.05, 0.1) is 4.90 Å². The van der Waals surface area contributed by atoms with Crippen LogP contribution in [0.15, 0.2) is 33.6 Å². The number of thioether (sulfide) groups is 1. The quantitative estimate of drug-likeness (QED) is 0.825. The third kappa shape index (κ3) is 4.45. The lowest BCUT2D eigenvalue weighted by molar-refractivity contribution is -0.119. The van der Waals surface area contributed by atoms with Crippen molar-refractivity contribution in [3.8, 4) is 0 Å². The minimum Gasteiger partial charge on any atom is -0.332 e. The molecule has 0 spiro atoms. The molecule has 9 heteroatoms. The number of rotatable bonds is 5. The standard InChI is InChI=1S/C12H13BrN2O4S2/c13-9-1-3-10(4-2-9)21(18,19)14-11(16)5-6-15-7-8-20-12(15)17/h1-4H,5-8H2,(H,14,16). The van der Waals surface area contributed by atoms with Crippen LogP contribution < -0.4 is 4.72 Å². The number of halogens is 1. The van der Waals surface area contributed by atoms with Crippen molar-refractivity contribution in [2.75, 3.05) is 18.8 Å². The molecule has 1 aromatic carbocycles. The molecule has 0 saturated carbocycles. The van der Waals surface area contributed by atoms with Crippen LogP contribution in [0.5, 0.6) is 0 Å². The van der Waals surface area contributed by atoms with E-state index in [1.165, 1.54) is 28.8 Å². The maximum atomic E-state index is 12.0. The lowest BCUT2D eigenvalue weighted by atomic mass is 10.4. The van der Waals surface area contributed by atoms with E-state index in [2.05, 4.69) is 15.9 Å². The summed E-state index contributed by atoms with van der Waals surface area (Å²) in [6.07, 6.45) is -0.0396. The minimum atomic E-state index is -3.86. The first-order chi connectivity index (χ1) is 9.88. The Labute approximate surface area is 135 Å². The molecule has 0 aliphatic carbocycles. The van der Waals surface area contributed by atoms with Gasteiger partial charge >= 0.3 is 0 Å². The molecule has 21 heavy (non-hydrogen) atoms. The zero-order valence-electron chi connectivity index (χ0n) is 10.9. The smallest absolute Gasteiger partial charge is 0.281 e. The van der Waals surface area contributed by atoms with Crippen LogP contribution in [0.4, 0.5) is 4.79 Å². The highest BCUT2D eigenvalue weighted by Crippen LogP contribution is 2.17. The fraction of sp³-hybridized carbons (Fsp3) is 0.333. The molecule has 0 aromatic heterocycles. The normalized spacial score (nSPS) is 15.3. The molecule has 6 nitrogen and oxygen atoms in total. The largest absolute Gasteiger partial charge is 0.332 e. The Morgan fingerprint density at radius 3 is 2.57 bits per heavy atom. The van der Waals surface area contributed by atoms with Crippen molar-refractivity contribution < 1.29 is 18.0 Å². The molecule has 1 aliphatic heterocycles. The maximum absolute atomic E-state index is 12.0. The molecule has 114 valence electrons. The molecule has 1 N–H and O–H groups in total. The van der Waals surface area contributed by atoms with Gasteiger partial charge in [-0.3, -0.25) is 9.59 Å². The number of hydrogen-bond acceptors (Lipinski definition) is 5. The van der Waals surface area contributed by atoms with E-state index in [0.29, 0.717) is 12.3 Å². The number of benzene rings is 1. The predicted octanol–water partition coefficient (Wildman–Crippen LogP) is 1.81. The molecule has 1 heterocycles. The zero-order valence-corrected chi connectivity index (χ0v) is 14.1. The second kappa shape index (κ2) is 6.80. The van der Waals surface area contributed by atoms with Gasteiger partial charge in [-0.15, -0.1) is 0 Å². The van der Waals surface area contributed by atoms with Crippen molar-refractivity contribution in [1.29, 1.82) is 0 Å². The van der Waals surface area contributed by atoms with Crippen molar-refractivity contribution in [3.05, 3.63) is 28.7 Å². The van der Waals surface area contributed by atoms with Gasteiger partial charge in [-0.1, -0.05) is 27.7 Å². The van der Waals surface area contributed by atoms with Crippen LogP contribution in [0.2, 0.25) is 0 Å². The maximum Gasteiger partial charge on any atom is 0.281 e. The third-order valence-electron chi connectivity index (χ3n) is 2.83. The molecule has 1 aromatic rings. The lowest BCUT2D eigenvalue weighted by Gasteiger charge is -2.14. The fourth-order valence-corrected chi connectivity index (χ4v) is 3.87. The summed E-state index contributed by atoms with van der Waals surface area (Å²) in [5.74, 6) is 0.0834. The zero-order chi connectivity index (χ0) is 15.5. The number of hydrogen-bond donors (Lipinski definition) is 1. The van der Waals surface area contributed by atoms with Gasteiger partial charge in [0.25, 0.3) is 15.3 Å². The highest BCUT2D eigenvalue weighted by molar-refractivity contribution is 9.10. The summed E-state index contributed by atoms with van der Waals surface area (Å²) in [6.45, 7) is 0.823. The fourth-order valence-electron chi connectivity index (χ4n) is 1.74. The van der Waals surface area contributed by atoms with Gasteiger partial charge in [0.15, 0.2) is 0 Å². The summed E-state index contributed by atoms with van der Waals surface area (Å²) in [5.41, 5.74) is 0. The molecule has 0 radical (unpaired) electrons. The number of carbonyl (C=O) groups is 2. The molecule has 1 fully saturated rings. The number of carbonyl (C=O) groups excluding carboxylic acids is 2. The average molecular weight is 393 g/mol. The van der Waals surface area contributed by atoms with Crippen LogP contribution in [0.1, 0.15) is 6.42 Å². The summed E-state index contributed by atoms with van der Waals surface area (Å²) >= 11 is 4.41. The molecule has 0 atom stereocenters. The monoisotopic (exact) mass is 392 g/mol. The van der Waals surface area contributed by atoms with Crippen molar-refractivity contribution in [3.63, 3.8) is 0 Å². The van der Waals surface area contributed by atoms with Crippen molar-refractivity contribution in [1.82, 2.24) is 9.62 Å². The van der Waals surface area contributed by atoms with E-state index in [4.69, 9.17) is 0 Å². The summed E-state index contributed by atoms with van der Waals surface area (Å²) in [4.78, 5) is 24.6. The van der Waals surface area contributed by atoms with E-state index in [9.17, 15) is 18.0 Å². The van der Waals surface area contributed by atoms with E-state index in [1.807, 2.05) is 4.72 Å². The SMILES string of the molecule is O=C(CCN1CCSC1=O)NS(=O)(=O)c1ccc(Br)cc1. The van der Waals surface area contributed by atoms with Crippen LogP contribution in [0, 0.1) is 0 Å². The van der Waals surface area contributed by atoms with Crippen molar-refractivity contribution in [2.45, 2.75) is 11.3 Å². The van der Waals surface area contributed by atoms with Crippen LogP contribution in [-0.4, -0.2) is 43.3 Å². The van der Waals surface area contributed by atoms with Crippen molar-refractivity contribution >= 4 is 48.9 Å². The molecular weight excluding hydrogens is 380 g/mol. The Kier molecular flexibility index (Phi) is 5.28. The van der Waals surface area contributed by atoms with E-state index < -0.39 is 15.9 Å². The molecule has 0 unspecified atom stereocenters.